The fourth-order valence-corrected chi connectivity index (χ4v) is 7.38. The highest BCUT2D eigenvalue weighted by molar-refractivity contribution is 8.79. The van der Waals surface area contributed by atoms with Gasteiger partial charge in [-0.2, -0.15) is 0 Å². The minimum absolute atomic E-state index is 0.0646. The molecule has 0 aromatic heterocycles. The van der Waals surface area contributed by atoms with Crippen LogP contribution in [0.25, 0.3) is 5.76 Å². The zero-order valence-electron chi connectivity index (χ0n) is 16.1. The van der Waals surface area contributed by atoms with E-state index in [-0.39, 0.29) is 5.78 Å². The van der Waals surface area contributed by atoms with Gasteiger partial charge in [0.15, 0.2) is 5.60 Å². The molecule has 1 atom stereocenters. The maximum atomic E-state index is 13.7. The monoisotopic (exact) mass is 412 g/mol. The molecule has 0 N–H and O–H groups in total. The molecular weight excluding hydrogens is 392 g/mol. The van der Waals surface area contributed by atoms with Gasteiger partial charge in [0, 0.05) is 0 Å². The molecule has 1 unspecified atom stereocenters. The van der Waals surface area contributed by atoms with Crippen molar-refractivity contribution in [2.45, 2.75) is 43.8 Å². The Morgan fingerprint density at radius 1 is 0.786 bits per heavy atom. The number of ketones is 1. The van der Waals surface area contributed by atoms with Crippen LogP contribution in [0.5, 0.6) is 11.5 Å². The van der Waals surface area contributed by atoms with Gasteiger partial charge in [-0.15, -0.1) is 0 Å². The molecule has 1 spiro atoms. The average molecular weight is 413 g/mol. The van der Waals surface area contributed by atoms with Crippen molar-refractivity contribution in [1.29, 1.82) is 0 Å². The van der Waals surface area contributed by atoms with Crippen molar-refractivity contribution in [2.75, 3.05) is 0 Å². The van der Waals surface area contributed by atoms with Gasteiger partial charge in [0.05, 0.1) is 16.0 Å². The largest absolute Gasteiger partial charge is 0.482 e. The summed E-state index contributed by atoms with van der Waals surface area (Å²) in [7, 11) is 2.96. The molecule has 0 bridgehead atoms. The summed E-state index contributed by atoms with van der Waals surface area (Å²) in [6.07, 6.45) is 0. The summed E-state index contributed by atoms with van der Waals surface area (Å²) in [6.45, 7) is 7.87. The van der Waals surface area contributed by atoms with Gasteiger partial charge < -0.3 is 14.2 Å². The maximum Gasteiger partial charge on any atom is 0.265 e. The number of fused-ring (bicyclic) bond motifs is 3. The number of rotatable bonds is 0. The molecule has 6 heteroatoms. The molecule has 0 amide bonds. The third kappa shape index (κ3) is 2.31. The van der Waals surface area contributed by atoms with Crippen LogP contribution >= 0.6 is 21.6 Å². The number of benzene rings is 2. The minimum Gasteiger partial charge on any atom is -0.482 e. The molecule has 3 aliphatic rings. The molecule has 0 radical (unpaired) electrons. The Labute approximate surface area is 172 Å². The topological polar surface area (TPSA) is 44.8 Å². The van der Waals surface area contributed by atoms with E-state index >= 15 is 0 Å². The SMILES string of the molecule is CC1(C)Oc2ccccc2C2=C1SSC1(O2)C(=O)c2ccccc2OC1(C)C. The highest BCUT2D eigenvalue weighted by Crippen LogP contribution is 2.63. The Balaban J connectivity index is 1.69. The third-order valence-electron chi connectivity index (χ3n) is 5.33. The second kappa shape index (κ2) is 5.74. The molecule has 3 aliphatic heterocycles. The second-order valence-corrected chi connectivity index (χ2v) is 10.4. The van der Waals surface area contributed by atoms with Crippen molar-refractivity contribution < 1.29 is 19.0 Å². The molecule has 2 aromatic carbocycles. The number of hydrogen-bond acceptors (Lipinski definition) is 6. The van der Waals surface area contributed by atoms with Gasteiger partial charge in [0.1, 0.15) is 22.9 Å². The number of ether oxygens (including phenoxy) is 3. The van der Waals surface area contributed by atoms with Crippen LogP contribution in [0, 0.1) is 0 Å². The molecule has 0 saturated carbocycles. The number of para-hydroxylation sites is 2. The number of hydrogen-bond donors (Lipinski definition) is 0. The smallest absolute Gasteiger partial charge is 0.265 e. The zero-order chi connectivity index (χ0) is 19.7. The number of Topliss-reactive ketones (excluding diaryl/α,β-unsaturated/α-hetero) is 1. The summed E-state index contributed by atoms with van der Waals surface area (Å²) in [6, 6.07) is 15.2. The molecule has 0 aliphatic carbocycles. The first-order valence-electron chi connectivity index (χ1n) is 9.16. The molecule has 0 saturated heterocycles. The summed E-state index contributed by atoms with van der Waals surface area (Å²) in [4.78, 5) is 13.5. The highest BCUT2D eigenvalue weighted by Gasteiger charge is 2.63. The molecule has 28 heavy (non-hydrogen) atoms. The average Bonchev–Trinajstić information content (AvgIpc) is 2.66. The second-order valence-electron chi connectivity index (χ2n) is 8.09. The Morgan fingerprint density at radius 2 is 1.39 bits per heavy atom. The minimum atomic E-state index is -1.19. The number of carbonyl (C=O) groups is 1. The zero-order valence-corrected chi connectivity index (χ0v) is 17.7. The van der Waals surface area contributed by atoms with E-state index in [1.807, 2.05) is 70.2 Å². The summed E-state index contributed by atoms with van der Waals surface area (Å²) in [5.74, 6) is 2.01. The van der Waals surface area contributed by atoms with Crippen molar-refractivity contribution >= 4 is 33.1 Å². The van der Waals surface area contributed by atoms with E-state index in [1.54, 1.807) is 16.9 Å². The molecule has 2 aromatic rings. The van der Waals surface area contributed by atoms with Crippen molar-refractivity contribution in [3.05, 3.63) is 64.6 Å². The van der Waals surface area contributed by atoms with Crippen molar-refractivity contribution in [3.63, 3.8) is 0 Å². The first-order valence-corrected chi connectivity index (χ1v) is 11.3. The summed E-state index contributed by atoms with van der Waals surface area (Å²) < 4.78 is 19.1. The van der Waals surface area contributed by atoms with Gasteiger partial charge in [0.2, 0.25) is 5.78 Å². The normalized spacial score (nSPS) is 26.4. The molecule has 3 heterocycles. The van der Waals surface area contributed by atoms with Gasteiger partial charge in [-0.3, -0.25) is 4.79 Å². The van der Waals surface area contributed by atoms with E-state index in [4.69, 9.17) is 14.2 Å². The van der Waals surface area contributed by atoms with Gasteiger partial charge in [-0.25, -0.2) is 0 Å². The lowest BCUT2D eigenvalue weighted by Gasteiger charge is -2.51. The summed E-state index contributed by atoms with van der Waals surface area (Å²) >= 11 is 0. The van der Waals surface area contributed by atoms with Crippen LogP contribution in [0.3, 0.4) is 0 Å². The molecule has 144 valence electrons. The Hall–Kier alpha value is -2.05. The quantitative estimate of drug-likeness (QED) is 0.518. The molecule has 4 nitrogen and oxygen atoms in total. The van der Waals surface area contributed by atoms with Crippen LogP contribution < -0.4 is 9.47 Å². The third-order valence-corrected chi connectivity index (χ3v) is 8.70. The van der Waals surface area contributed by atoms with E-state index in [2.05, 4.69) is 0 Å². The van der Waals surface area contributed by atoms with E-state index in [1.165, 1.54) is 10.8 Å². The fourth-order valence-electron chi connectivity index (χ4n) is 3.80. The van der Waals surface area contributed by atoms with Crippen LogP contribution in [0.1, 0.15) is 43.6 Å². The van der Waals surface area contributed by atoms with Crippen molar-refractivity contribution in [3.8, 4) is 11.5 Å². The Bertz CT molecular complexity index is 1040. The predicted octanol–water partition coefficient (Wildman–Crippen LogP) is 5.69. The lowest BCUT2D eigenvalue weighted by atomic mass is 9.88. The summed E-state index contributed by atoms with van der Waals surface area (Å²) in [5, 5.41) is 0. The van der Waals surface area contributed by atoms with Gasteiger partial charge in [-0.1, -0.05) is 24.3 Å². The van der Waals surface area contributed by atoms with E-state index < -0.39 is 16.1 Å². The maximum absolute atomic E-state index is 13.7. The van der Waals surface area contributed by atoms with Gasteiger partial charge >= 0.3 is 0 Å². The van der Waals surface area contributed by atoms with Crippen molar-refractivity contribution in [1.82, 2.24) is 0 Å². The van der Waals surface area contributed by atoms with Gasteiger partial charge in [0.25, 0.3) is 4.93 Å². The van der Waals surface area contributed by atoms with Crippen LogP contribution in [0.2, 0.25) is 0 Å². The molecular formula is C22H20O4S2. The Kier molecular flexibility index (Phi) is 3.69. The molecule has 5 rings (SSSR count). The fraction of sp³-hybridized carbons (Fsp3) is 0.318. The summed E-state index contributed by atoms with van der Waals surface area (Å²) in [5.41, 5.74) is 0.0281. The van der Waals surface area contributed by atoms with Crippen LogP contribution in [-0.2, 0) is 4.74 Å². The first kappa shape index (κ1) is 18.0. The molecule has 0 fully saturated rings. The lowest BCUT2D eigenvalue weighted by Crippen LogP contribution is -2.61. The van der Waals surface area contributed by atoms with E-state index in [0.29, 0.717) is 17.1 Å². The lowest BCUT2D eigenvalue weighted by molar-refractivity contribution is -0.0448. The highest BCUT2D eigenvalue weighted by atomic mass is 33.1. The van der Waals surface area contributed by atoms with E-state index in [9.17, 15) is 4.79 Å². The number of carbonyl (C=O) groups excluding carboxylic acids is 1. The van der Waals surface area contributed by atoms with Crippen LogP contribution in [0.4, 0.5) is 0 Å². The Morgan fingerprint density at radius 3 is 2.11 bits per heavy atom. The first-order chi connectivity index (χ1) is 13.3. The van der Waals surface area contributed by atoms with Crippen LogP contribution in [0.15, 0.2) is 53.4 Å². The van der Waals surface area contributed by atoms with Crippen molar-refractivity contribution in [2.24, 2.45) is 0 Å². The standard InChI is InChI=1S/C22H20O4S2/c1-20(2)19-17(13-9-5-7-11-15(13)24-20)26-22(28-27-19)18(23)14-10-6-8-12-16(14)25-21(22,3)4/h5-12H,1-4H3. The predicted molar refractivity (Wildman–Crippen MR) is 113 cm³/mol. The van der Waals surface area contributed by atoms with E-state index in [0.717, 1.165) is 16.2 Å². The van der Waals surface area contributed by atoms with Crippen LogP contribution in [-0.4, -0.2) is 21.9 Å². The van der Waals surface area contributed by atoms with Gasteiger partial charge in [-0.05, 0) is 73.5 Å².